The van der Waals surface area contributed by atoms with E-state index in [1.165, 1.54) is 0 Å². The zero-order valence-corrected chi connectivity index (χ0v) is 16.0. The first-order valence-electron chi connectivity index (χ1n) is 8.98. The zero-order chi connectivity index (χ0) is 18.7. The van der Waals surface area contributed by atoms with Crippen molar-refractivity contribution in [1.29, 1.82) is 0 Å². The highest BCUT2D eigenvalue weighted by Crippen LogP contribution is 2.50. The van der Waals surface area contributed by atoms with Gasteiger partial charge >= 0.3 is 6.09 Å². The van der Waals surface area contributed by atoms with Crippen LogP contribution in [0.25, 0.3) is 10.9 Å². The van der Waals surface area contributed by atoms with E-state index in [0.29, 0.717) is 31.0 Å². The Bertz CT molecular complexity index is 843. The van der Waals surface area contributed by atoms with Crippen LogP contribution in [0.3, 0.4) is 0 Å². The number of ether oxygens (including phenoxy) is 1. The van der Waals surface area contributed by atoms with Crippen LogP contribution in [0.4, 0.5) is 4.79 Å². The zero-order valence-electron chi connectivity index (χ0n) is 15.3. The van der Waals surface area contributed by atoms with Crippen LogP contribution in [0.5, 0.6) is 0 Å². The van der Waals surface area contributed by atoms with Crippen molar-refractivity contribution in [3.63, 3.8) is 0 Å². The summed E-state index contributed by atoms with van der Waals surface area (Å²) < 4.78 is 5.48. The Morgan fingerprint density at radius 2 is 2.00 bits per heavy atom. The SMILES string of the molecule is CC(C)(C)OC(=O)N1CC2CC(O)(c3cc(Cl)cc4[nH]ncc34)CC2C1. The molecule has 0 spiro atoms. The van der Waals surface area contributed by atoms with Gasteiger partial charge in [0, 0.05) is 23.5 Å². The van der Waals surface area contributed by atoms with Gasteiger partial charge in [0.1, 0.15) is 5.60 Å². The van der Waals surface area contributed by atoms with Crippen LogP contribution >= 0.6 is 11.6 Å². The summed E-state index contributed by atoms with van der Waals surface area (Å²) in [6, 6.07) is 3.66. The van der Waals surface area contributed by atoms with Gasteiger partial charge in [-0.1, -0.05) is 11.6 Å². The fourth-order valence-electron chi connectivity index (χ4n) is 4.45. The number of hydrogen-bond acceptors (Lipinski definition) is 4. The van der Waals surface area contributed by atoms with E-state index < -0.39 is 11.2 Å². The van der Waals surface area contributed by atoms with Crippen LogP contribution in [-0.4, -0.2) is 45.0 Å². The third kappa shape index (κ3) is 3.05. The Morgan fingerprint density at radius 3 is 2.62 bits per heavy atom. The lowest BCUT2D eigenvalue weighted by Crippen LogP contribution is -2.37. The predicted molar refractivity (Wildman–Crippen MR) is 99.0 cm³/mol. The predicted octanol–water partition coefficient (Wildman–Crippen LogP) is 3.68. The van der Waals surface area contributed by atoms with Crippen LogP contribution in [0.1, 0.15) is 39.2 Å². The molecular weight excluding hydrogens is 354 g/mol. The molecule has 1 aliphatic carbocycles. The maximum atomic E-state index is 12.3. The largest absolute Gasteiger partial charge is 0.444 e. The number of nitrogens with one attached hydrogen (secondary N) is 1. The first kappa shape index (κ1) is 17.6. The van der Waals surface area contributed by atoms with E-state index in [1.807, 2.05) is 32.9 Å². The molecule has 2 heterocycles. The summed E-state index contributed by atoms with van der Waals surface area (Å²) >= 11 is 6.24. The number of amides is 1. The lowest BCUT2D eigenvalue weighted by atomic mass is 9.88. The molecule has 2 aromatic rings. The quantitative estimate of drug-likeness (QED) is 0.794. The van der Waals surface area contributed by atoms with Crippen LogP contribution in [0.15, 0.2) is 18.3 Å². The Balaban J connectivity index is 1.53. The minimum Gasteiger partial charge on any atom is -0.444 e. The van der Waals surface area contributed by atoms with Crippen molar-refractivity contribution in [2.45, 2.75) is 44.8 Å². The van der Waals surface area contributed by atoms with Crippen molar-refractivity contribution in [3.05, 3.63) is 28.9 Å². The second-order valence-corrected chi connectivity index (χ2v) is 9.07. The molecule has 6 nitrogen and oxygen atoms in total. The summed E-state index contributed by atoms with van der Waals surface area (Å²) in [7, 11) is 0. The average Bonchev–Trinajstić information content (AvgIpc) is 3.17. The van der Waals surface area contributed by atoms with Gasteiger partial charge in [0.25, 0.3) is 0 Å². The number of carbonyl (C=O) groups is 1. The third-order valence-electron chi connectivity index (χ3n) is 5.45. The number of aliphatic hydroxyl groups is 1. The Hall–Kier alpha value is -1.79. The van der Waals surface area contributed by atoms with E-state index in [2.05, 4.69) is 10.2 Å². The number of H-pyrrole nitrogens is 1. The van der Waals surface area contributed by atoms with Gasteiger partial charge in [-0.3, -0.25) is 5.10 Å². The molecule has 2 unspecified atom stereocenters. The minimum atomic E-state index is -0.942. The highest BCUT2D eigenvalue weighted by atomic mass is 35.5. The van der Waals surface area contributed by atoms with E-state index in [1.54, 1.807) is 11.1 Å². The number of nitrogens with zero attached hydrogens (tertiary/aromatic N) is 2. The third-order valence-corrected chi connectivity index (χ3v) is 5.67. The molecule has 1 saturated carbocycles. The molecule has 2 atom stereocenters. The standard InChI is InChI=1S/C19H24ClN3O3/c1-18(2,3)26-17(24)23-9-11-6-19(25,7-12(11)10-23)15-4-13(20)5-16-14(15)8-21-22-16/h4-5,8,11-12,25H,6-7,9-10H2,1-3H3,(H,21,22). The molecule has 1 aromatic heterocycles. The second-order valence-electron chi connectivity index (χ2n) is 8.63. The number of fused-ring (bicyclic) bond motifs is 2. The molecule has 26 heavy (non-hydrogen) atoms. The van der Waals surface area contributed by atoms with Crippen molar-refractivity contribution in [3.8, 4) is 0 Å². The van der Waals surface area contributed by atoms with Gasteiger partial charge < -0.3 is 14.7 Å². The van der Waals surface area contributed by atoms with Gasteiger partial charge in [-0.15, -0.1) is 0 Å². The van der Waals surface area contributed by atoms with E-state index >= 15 is 0 Å². The lowest BCUT2D eigenvalue weighted by Gasteiger charge is -2.28. The van der Waals surface area contributed by atoms with Crippen molar-refractivity contribution in [1.82, 2.24) is 15.1 Å². The first-order chi connectivity index (χ1) is 12.1. The molecule has 1 saturated heterocycles. The molecule has 2 N–H and O–H groups in total. The Morgan fingerprint density at radius 1 is 1.35 bits per heavy atom. The maximum absolute atomic E-state index is 12.3. The topological polar surface area (TPSA) is 78.5 Å². The fraction of sp³-hybridized carbons (Fsp3) is 0.579. The van der Waals surface area contributed by atoms with E-state index in [0.717, 1.165) is 16.5 Å². The summed E-state index contributed by atoms with van der Waals surface area (Å²) in [6.07, 6.45) is 2.69. The molecular formula is C19H24ClN3O3. The molecule has 2 aliphatic rings. The molecule has 0 radical (unpaired) electrons. The summed E-state index contributed by atoms with van der Waals surface area (Å²) in [5.74, 6) is 0.516. The number of likely N-dealkylation sites (tertiary alicyclic amines) is 1. The van der Waals surface area contributed by atoms with Gasteiger partial charge in [0.2, 0.25) is 0 Å². The molecule has 0 bridgehead atoms. The van der Waals surface area contributed by atoms with E-state index in [4.69, 9.17) is 16.3 Å². The summed E-state index contributed by atoms with van der Waals surface area (Å²) in [6.45, 7) is 6.86. The number of aromatic amines is 1. The summed E-state index contributed by atoms with van der Waals surface area (Å²) in [4.78, 5) is 14.1. The summed E-state index contributed by atoms with van der Waals surface area (Å²) in [5.41, 5.74) is 0.214. The number of halogens is 1. The van der Waals surface area contributed by atoms with Crippen LogP contribution < -0.4 is 0 Å². The second kappa shape index (κ2) is 5.86. The minimum absolute atomic E-state index is 0.258. The molecule has 4 rings (SSSR count). The highest BCUT2D eigenvalue weighted by molar-refractivity contribution is 6.31. The van der Waals surface area contributed by atoms with Gasteiger partial charge in [-0.25, -0.2) is 4.79 Å². The highest BCUT2D eigenvalue weighted by Gasteiger charge is 2.51. The van der Waals surface area contributed by atoms with Crippen molar-refractivity contribution >= 4 is 28.6 Å². The number of hydrogen-bond donors (Lipinski definition) is 2. The van der Waals surface area contributed by atoms with Gasteiger partial charge in [0.05, 0.1) is 17.3 Å². The van der Waals surface area contributed by atoms with Crippen LogP contribution in [-0.2, 0) is 10.3 Å². The lowest BCUT2D eigenvalue weighted by molar-refractivity contribution is 0.0161. The number of benzene rings is 1. The van der Waals surface area contributed by atoms with Crippen molar-refractivity contribution < 1.29 is 14.6 Å². The molecule has 1 aliphatic heterocycles. The normalized spacial score (nSPS) is 28.6. The summed E-state index contributed by atoms with van der Waals surface area (Å²) in [5, 5.41) is 19.9. The average molecular weight is 378 g/mol. The molecule has 1 amide bonds. The number of rotatable bonds is 1. The fourth-order valence-corrected chi connectivity index (χ4v) is 4.67. The van der Waals surface area contributed by atoms with Gasteiger partial charge in [-0.05, 0) is 63.1 Å². The van der Waals surface area contributed by atoms with Crippen LogP contribution in [0.2, 0.25) is 5.02 Å². The maximum Gasteiger partial charge on any atom is 0.410 e. The molecule has 140 valence electrons. The van der Waals surface area contributed by atoms with Crippen LogP contribution in [0, 0.1) is 11.8 Å². The van der Waals surface area contributed by atoms with Crippen molar-refractivity contribution in [2.24, 2.45) is 11.8 Å². The molecule has 2 fully saturated rings. The van der Waals surface area contributed by atoms with E-state index in [9.17, 15) is 9.90 Å². The molecule has 1 aromatic carbocycles. The van der Waals surface area contributed by atoms with E-state index in [-0.39, 0.29) is 17.9 Å². The number of aromatic nitrogens is 2. The molecule has 7 heteroatoms. The monoisotopic (exact) mass is 377 g/mol. The Labute approximate surface area is 157 Å². The number of carbonyl (C=O) groups excluding carboxylic acids is 1. The van der Waals surface area contributed by atoms with Gasteiger partial charge in [0.15, 0.2) is 0 Å². The van der Waals surface area contributed by atoms with Crippen molar-refractivity contribution in [2.75, 3.05) is 13.1 Å². The first-order valence-corrected chi connectivity index (χ1v) is 9.36. The Kier molecular flexibility index (Phi) is 3.97. The smallest absolute Gasteiger partial charge is 0.410 e. The van der Waals surface area contributed by atoms with Gasteiger partial charge in [-0.2, -0.15) is 5.10 Å².